The Kier molecular flexibility index (Phi) is 4.39. The van der Waals surface area contributed by atoms with Crippen molar-refractivity contribution in [1.29, 1.82) is 0 Å². The summed E-state index contributed by atoms with van der Waals surface area (Å²) in [6.45, 7) is 1.78. The molecule has 0 aliphatic carbocycles. The van der Waals surface area contributed by atoms with E-state index in [1.807, 2.05) is 24.3 Å². The number of rotatable bonds is 4. The van der Waals surface area contributed by atoms with E-state index in [0.29, 0.717) is 30.6 Å². The maximum atomic E-state index is 12.0. The van der Waals surface area contributed by atoms with Crippen LogP contribution in [0.4, 0.5) is 10.7 Å². The number of amides is 2. The Morgan fingerprint density at radius 3 is 2.59 bits per heavy atom. The Morgan fingerprint density at radius 1 is 1.23 bits per heavy atom. The molecule has 2 aromatic rings. The molecule has 0 unspecified atom stereocenters. The van der Waals surface area contributed by atoms with Crippen LogP contribution < -0.4 is 10.6 Å². The molecule has 6 nitrogen and oxygen atoms in total. The zero-order valence-electron chi connectivity index (χ0n) is 11.9. The molecule has 114 valence electrons. The van der Waals surface area contributed by atoms with Crippen molar-refractivity contribution in [1.82, 2.24) is 20.2 Å². The van der Waals surface area contributed by atoms with Crippen molar-refractivity contribution in [3.8, 4) is 0 Å². The molecule has 1 aliphatic rings. The van der Waals surface area contributed by atoms with Crippen LogP contribution in [0.15, 0.2) is 42.7 Å². The fourth-order valence-electron chi connectivity index (χ4n) is 2.18. The van der Waals surface area contributed by atoms with Gasteiger partial charge >= 0.3 is 6.03 Å². The van der Waals surface area contributed by atoms with Gasteiger partial charge in [-0.2, -0.15) is 0 Å². The van der Waals surface area contributed by atoms with E-state index in [4.69, 9.17) is 11.6 Å². The van der Waals surface area contributed by atoms with Crippen molar-refractivity contribution in [3.63, 3.8) is 0 Å². The Hall–Kier alpha value is -2.34. The SMILES string of the molecule is O=C(NCc1ccc(Cl)cc1)N1CC(Nc2ncccn2)C1. The summed E-state index contributed by atoms with van der Waals surface area (Å²) in [4.78, 5) is 21.9. The molecule has 0 saturated carbocycles. The quantitative estimate of drug-likeness (QED) is 0.906. The second-order valence-electron chi connectivity index (χ2n) is 5.10. The standard InChI is InChI=1S/C15H16ClN5O/c16-12-4-2-11(3-5-12)8-19-15(22)21-9-13(10-21)20-14-17-6-1-7-18-14/h1-7,13H,8-10H2,(H,19,22)(H,17,18,20). The molecule has 2 amide bonds. The lowest BCUT2D eigenvalue weighted by Crippen LogP contribution is -2.59. The van der Waals surface area contributed by atoms with Crippen LogP contribution in [0.25, 0.3) is 0 Å². The van der Waals surface area contributed by atoms with Gasteiger partial charge in [-0.05, 0) is 23.8 Å². The number of likely N-dealkylation sites (tertiary alicyclic amines) is 1. The van der Waals surface area contributed by atoms with Gasteiger partial charge in [0.2, 0.25) is 5.95 Å². The summed E-state index contributed by atoms with van der Waals surface area (Å²) in [7, 11) is 0. The molecule has 22 heavy (non-hydrogen) atoms. The molecule has 1 saturated heterocycles. The van der Waals surface area contributed by atoms with Crippen LogP contribution in [0.1, 0.15) is 5.56 Å². The second-order valence-corrected chi connectivity index (χ2v) is 5.54. The molecule has 2 N–H and O–H groups in total. The van der Waals surface area contributed by atoms with Gasteiger partial charge in [0, 0.05) is 37.1 Å². The zero-order chi connectivity index (χ0) is 15.4. The summed E-state index contributed by atoms with van der Waals surface area (Å²) in [6.07, 6.45) is 3.37. The topological polar surface area (TPSA) is 70.2 Å². The molecule has 0 atom stereocenters. The van der Waals surface area contributed by atoms with Gasteiger partial charge < -0.3 is 15.5 Å². The fourth-order valence-corrected chi connectivity index (χ4v) is 2.31. The molecule has 1 aromatic carbocycles. The number of anilines is 1. The van der Waals surface area contributed by atoms with Crippen LogP contribution in [0.3, 0.4) is 0 Å². The highest BCUT2D eigenvalue weighted by molar-refractivity contribution is 6.30. The molecule has 0 radical (unpaired) electrons. The third-order valence-electron chi connectivity index (χ3n) is 3.42. The fraction of sp³-hybridized carbons (Fsp3) is 0.267. The summed E-state index contributed by atoms with van der Waals surface area (Å²) in [5.41, 5.74) is 1.02. The van der Waals surface area contributed by atoms with Crippen molar-refractivity contribution >= 4 is 23.6 Å². The van der Waals surface area contributed by atoms with E-state index in [1.54, 1.807) is 23.4 Å². The number of benzene rings is 1. The van der Waals surface area contributed by atoms with Crippen molar-refractivity contribution < 1.29 is 4.79 Å². The lowest BCUT2D eigenvalue weighted by atomic mass is 10.1. The molecular formula is C15H16ClN5O. The molecule has 1 fully saturated rings. The zero-order valence-corrected chi connectivity index (χ0v) is 12.6. The van der Waals surface area contributed by atoms with Crippen LogP contribution in [0.2, 0.25) is 5.02 Å². The lowest BCUT2D eigenvalue weighted by Gasteiger charge is -2.39. The van der Waals surface area contributed by atoms with Crippen molar-refractivity contribution in [3.05, 3.63) is 53.3 Å². The average Bonchev–Trinajstić information content (AvgIpc) is 2.50. The lowest BCUT2D eigenvalue weighted by molar-refractivity contribution is 0.157. The van der Waals surface area contributed by atoms with E-state index in [0.717, 1.165) is 5.56 Å². The van der Waals surface area contributed by atoms with Crippen LogP contribution in [0, 0.1) is 0 Å². The van der Waals surface area contributed by atoms with E-state index < -0.39 is 0 Å². The Balaban J connectivity index is 1.41. The summed E-state index contributed by atoms with van der Waals surface area (Å²) < 4.78 is 0. The highest BCUT2D eigenvalue weighted by atomic mass is 35.5. The van der Waals surface area contributed by atoms with Gasteiger partial charge in [0.25, 0.3) is 0 Å². The second kappa shape index (κ2) is 6.62. The smallest absolute Gasteiger partial charge is 0.317 e. The van der Waals surface area contributed by atoms with Crippen LogP contribution in [-0.2, 0) is 6.54 Å². The molecule has 1 aromatic heterocycles. The van der Waals surface area contributed by atoms with E-state index >= 15 is 0 Å². The summed E-state index contributed by atoms with van der Waals surface area (Å²) in [6, 6.07) is 9.32. The molecular weight excluding hydrogens is 302 g/mol. The first kappa shape index (κ1) is 14.6. The first-order valence-corrected chi connectivity index (χ1v) is 7.39. The van der Waals surface area contributed by atoms with Crippen LogP contribution in [0.5, 0.6) is 0 Å². The number of hydrogen-bond acceptors (Lipinski definition) is 4. The first-order valence-electron chi connectivity index (χ1n) is 7.01. The van der Waals surface area contributed by atoms with E-state index in [1.165, 1.54) is 0 Å². The molecule has 7 heteroatoms. The largest absolute Gasteiger partial charge is 0.348 e. The first-order chi connectivity index (χ1) is 10.7. The average molecular weight is 318 g/mol. The predicted molar refractivity (Wildman–Crippen MR) is 84.7 cm³/mol. The number of nitrogens with zero attached hydrogens (tertiary/aromatic N) is 3. The molecule has 1 aliphatic heterocycles. The Morgan fingerprint density at radius 2 is 1.91 bits per heavy atom. The van der Waals surface area contributed by atoms with Gasteiger partial charge in [-0.3, -0.25) is 0 Å². The molecule has 0 spiro atoms. The minimum Gasteiger partial charge on any atom is -0.348 e. The van der Waals surface area contributed by atoms with Crippen molar-refractivity contribution in [2.24, 2.45) is 0 Å². The summed E-state index contributed by atoms with van der Waals surface area (Å²) >= 11 is 5.83. The van der Waals surface area contributed by atoms with Gasteiger partial charge in [0.05, 0.1) is 6.04 Å². The number of halogens is 1. The normalized spacial score (nSPS) is 14.3. The number of nitrogens with one attached hydrogen (secondary N) is 2. The highest BCUT2D eigenvalue weighted by Crippen LogP contribution is 2.13. The Labute approximate surface area is 133 Å². The van der Waals surface area contributed by atoms with Crippen molar-refractivity contribution in [2.45, 2.75) is 12.6 Å². The molecule has 3 rings (SSSR count). The van der Waals surface area contributed by atoms with Crippen LogP contribution in [-0.4, -0.2) is 40.0 Å². The third kappa shape index (κ3) is 3.65. The van der Waals surface area contributed by atoms with Crippen LogP contribution >= 0.6 is 11.6 Å². The minimum atomic E-state index is -0.0676. The number of carbonyl (C=O) groups is 1. The molecule has 2 heterocycles. The van der Waals surface area contributed by atoms with Gasteiger partial charge in [-0.15, -0.1) is 0 Å². The third-order valence-corrected chi connectivity index (χ3v) is 3.68. The number of hydrogen-bond donors (Lipinski definition) is 2. The van der Waals surface area contributed by atoms with E-state index in [2.05, 4.69) is 20.6 Å². The maximum absolute atomic E-state index is 12.0. The highest BCUT2D eigenvalue weighted by Gasteiger charge is 2.30. The number of aromatic nitrogens is 2. The Bertz CT molecular complexity index is 628. The van der Waals surface area contributed by atoms with Gasteiger partial charge in [0.15, 0.2) is 0 Å². The molecule has 0 bridgehead atoms. The minimum absolute atomic E-state index is 0.0676. The predicted octanol–water partition coefficient (Wildman–Crippen LogP) is 2.14. The van der Waals surface area contributed by atoms with Gasteiger partial charge in [-0.25, -0.2) is 14.8 Å². The van der Waals surface area contributed by atoms with E-state index in [9.17, 15) is 4.79 Å². The maximum Gasteiger partial charge on any atom is 0.317 e. The number of carbonyl (C=O) groups excluding carboxylic acids is 1. The van der Waals surface area contributed by atoms with Gasteiger partial charge in [0.1, 0.15) is 0 Å². The monoisotopic (exact) mass is 317 g/mol. The summed E-state index contributed by atoms with van der Waals surface area (Å²) in [5, 5.41) is 6.76. The van der Waals surface area contributed by atoms with E-state index in [-0.39, 0.29) is 12.1 Å². The summed E-state index contributed by atoms with van der Waals surface area (Å²) in [5.74, 6) is 0.591. The van der Waals surface area contributed by atoms with Gasteiger partial charge in [-0.1, -0.05) is 23.7 Å². The number of urea groups is 1. The van der Waals surface area contributed by atoms with Crippen molar-refractivity contribution in [2.75, 3.05) is 18.4 Å².